The van der Waals surface area contributed by atoms with Gasteiger partial charge in [0.25, 0.3) is 0 Å². The molecule has 0 unspecified atom stereocenters. The highest BCUT2D eigenvalue weighted by atomic mass is 32.1. The molecule has 0 saturated heterocycles. The second-order valence-electron chi connectivity index (χ2n) is 7.14. The maximum absolute atomic E-state index is 2.26. The Morgan fingerprint density at radius 1 is 0.400 bits per heavy atom. The molecule has 0 N–H and O–H groups in total. The van der Waals surface area contributed by atoms with Crippen molar-refractivity contribution in [1.29, 1.82) is 0 Å². The van der Waals surface area contributed by atoms with Crippen LogP contribution in [0.25, 0.3) is 40.4 Å². The molecule has 30 heavy (non-hydrogen) atoms. The minimum atomic E-state index is 1.11. The molecule has 4 heterocycles. The molecule has 0 saturated carbocycles. The van der Waals surface area contributed by atoms with E-state index in [0.717, 1.165) is 12.8 Å². The first-order chi connectivity index (χ1) is 14.7. The van der Waals surface area contributed by atoms with Crippen LogP contribution in [0.1, 0.15) is 23.6 Å². The van der Waals surface area contributed by atoms with Gasteiger partial charge in [0.2, 0.25) is 0 Å². The standard InChI is InChI=1S/C26H22S4/c1-3-19-9-11-23(27-19)25-15-13-21(29-25)17-5-7-18(8-6-17)22-14-16-26(30-22)24-12-10-20(4-2)28-24/h5-16H,3-4H2,1-2H3. The van der Waals surface area contributed by atoms with Gasteiger partial charge in [-0.15, -0.1) is 45.3 Å². The summed E-state index contributed by atoms with van der Waals surface area (Å²) in [5.41, 5.74) is 2.59. The molecule has 0 atom stereocenters. The maximum atomic E-state index is 2.26. The van der Waals surface area contributed by atoms with E-state index in [2.05, 4.69) is 86.6 Å². The van der Waals surface area contributed by atoms with Crippen molar-refractivity contribution >= 4 is 45.3 Å². The van der Waals surface area contributed by atoms with E-state index in [9.17, 15) is 0 Å². The highest BCUT2D eigenvalue weighted by Crippen LogP contribution is 2.40. The minimum Gasteiger partial charge on any atom is -0.139 e. The Balaban J connectivity index is 1.36. The van der Waals surface area contributed by atoms with Crippen molar-refractivity contribution in [2.24, 2.45) is 0 Å². The Labute approximate surface area is 194 Å². The zero-order valence-electron chi connectivity index (χ0n) is 17.0. The fourth-order valence-corrected chi connectivity index (χ4v) is 7.55. The molecule has 4 aromatic heterocycles. The van der Waals surface area contributed by atoms with E-state index in [4.69, 9.17) is 0 Å². The molecule has 4 heteroatoms. The average molecular weight is 463 g/mol. The molecule has 5 aromatic rings. The summed E-state index contributed by atoms with van der Waals surface area (Å²) in [5, 5.41) is 0. The highest BCUT2D eigenvalue weighted by Gasteiger charge is 2.10. The van der Waals surface area contributed by atoms with Gasteiger partial charge in [-0.3, -0.25) is 0 Å². The van der Waals surface area contributed by atoms with Crippen molar-refractivity contribution in [2.45, 2.75) is 26.7 Å². The Bertz CT molecular complexity index is 1160. The summed E-state index contributed by atoms with van der Waals surface area (Å²) in [7, 11) is 0. The molecule has 150 valence electrons. The quantitative estimate of drug-likeness (QED) is 0.235. The lowest BCUT2D eigenvalue weighted by Crippen LogP contribution is -1.74. The van der Waals surface area contributed by atoms with Gasteiger partial charge in [0.15, 0.2) is 0 Å². The van der Waals surface area contributed by atoms with E-state index >= 15 is 0 Å². The predicted molar refractivity (Wildman–Crippen MR) is 138 cm³/mol. The van der Waals surface area contributed by atoms with Crippen LogP contribution in [0.5, 0.6) is 0 Å². The molecule has 0 aliphatic heterocycles. The van der Waals surface area contributed by atoms with Gasteiger partial charge in [0.1, 0.15) is 0 Å². The number of hydrogen-bond donors (Lipinski definition) is 0. The monoisotopic (exact) mass is 462 g/mol. The molecule has 1 aromatic carbocycles. The van der Waals surface area contributed by atoms with Crippen LogP contribution in [0.4, 0.5) is 0 Å². The summed E-state index contributed by atoms with van der Waals surface area (Å²) in [5.74, 6) is 0. The van der Waals surface area contributed by atoms with E-state index < -0.39 is 0 Å². The third-order valence-corrected chi connectivity index (χ3v) is 10.3. The first kappa shape index (κ1) is 20.0. The van der Waals surface area contributed by atoms with Gasteiger partial charge in [-0.25, -0.2) is 0 Å². The van der Waals surface area contributed by atoms with Gasteiger partial charge < -0.3 is 0 Å². The summed E-state index contributed by atoms with van der Waals surface area (Å²) in [4.78, 5) is 11.1. The van der Waals surface area contributed by atoms with Crippen molar-refractivity contribution in [3.63, 3.8) is 0 Å². The summed E-state index contributed by atoms with van der Waals surface area (Å²) < 4.78 is 0. The molecule has 0 spiro atoms. The van der Waals surface area contributed by atoms with Crippen LogP contribution in [0.3, 0.4) is 0 Å². The zero-order chi connectivity index (χ0) is 20.5. The summed E-state index contributed by atoms with van der Waals surface area (Å²) in [6.45, 7) is 4.44. The fourth-order valence-electron chi connectivity index (χ4n) is 3.45. The van der Waals surface area contributed by atoms with Gasteiger partial charge >= 0.3 is 0 Å². The summed E-state index contributed by atoms with van der Waals surface area (Å²) in [6.07, 6.45) is 2.22. The number of aryl methyl sites for hydroxylation is 2. The van der Waals surface area contributed by atoms with E-state index in [1.54, 1.807) is 0 Å². The lowest BCUT2D eigenvalue weighted by atomic mass is 10.1. The first-order valence-electron chi connectivity index (χ1n) is 10.2. The molecule has 0 fully saturated rings. The number of rotatable bonds is 6. The predicted octanol–water partition coefficient (Wildman–Crippen LogP) is 9.73. The van der Waals surface area contributed by atoms with Gasteiger partial charge in [0.05, 0.1) is 0 Å². The molecule has 0 aliphatic rings. The lowest BCUT2D eigenvalue weighted by Gasteiger charge is -2.01. The second kappa shape index (κ2) is 8.64. The molecule has 0 aliphatic carbocycles. The average Bonchev–Trinajstić information content (AvgIpc) is 3.58. The van der Waals surface area contributed by atoms with Crippen LogP contribution in [0.2, 0.25) is 0 Å². The summed E-state index contributed by atoms with van der Waals surface area (Å²) >= 11 is 7.59. The van der Waals surface area contributed by atoms with Crippen molar-refractivity contribution in [3.05, 3.63) is 82.6 Å². The molecular weight excluding hydrogens is 441 g/mol. The van der Waals surface area contributed by atoms with Crippen LogP contribution in [0, 0.1) is 0 Å². The Hall–Kier alpha value is -1.98. The lowest BCUT2D eigenvalue weighted by molar-refractivity contribution is 1.19. The van der Waals surface area contributed by atoms with E-state index in [-0.39, 0.29) is 0 Å². The van der Waals surface area contributed by atoms with Crippen molar-refractivity contribution < 1.29 is 0 Å². The number of thiophene rings is 4. The normalized spacial score (nSPS) is 11.3. The number of benzene rings is 1. The molecule has 0 radical (unpaired) electrons. The molecule has 5 rings (SSSR count). The van der Waals surface area contributed by atoms with Crippen LogP contribution >= 0.6 is 45.3 Å². The van der Waals surface area contributed by atoms with Crippen LogP contribution in [-0.2, 0) is 12.8 Å². The third-order valence-electron chi connectivity index (χ3n) is 5.17. The van der Waals surface area contributed by atoms with Crippen molar-refractivity contribution in [2.75, 3.05) is 0 Å². The van der Waals surface area contributed by atoms with E-state index in [0.29, 0.717) is 0 Å². The van der Waals surface area contributed by atoms with Crippen LogP contribution < -0.4 is 0 Å². The van der Waals surface area contributed by atoms with Gasteiger partial charge in [0, 0.05) is 39.0 Å². The van der Waals surface area contributed by atoms with Crippen LogP contribution in [0.15, 0.2) is 72.8 Å². The Kier molecular flexibility index (Phi) is 5.74. The SMILES string of the molecule is CCc1ccc(-c2ccc(-c3ccc(-c4ccc(-c5ccc(CC)s5)s4)cc3)s2)s1. The van der Waals surface area contributed by atoms with Crippen LogP contribution in [-0.4, -0.2) is 0 Å². The maximum Gasteiger partial charge on any atom is 0.0449 e. The number of hydrogen-bond acceptors (Lipinski definition) is 4. The van der Waals surface area contributed by atoms with E-state index in [1.165, 1.54) is 50.1 Å². The van der Waals surface area contributed by atoms with Crippen molar-refractivity contribution in [3.8, 4) is 40.4 Å². The molecular formula is C26H22S4. The second-order valence-corrected chi connectivity index (χ2v) is 11.6. The Morgan fingerprint density at radius 3 is 1.10 bits per heavy atom. The van der Waals surface area contributed by atoms with Crippen molar-refractivity contribution in [1.82, 2.24) is 0 Å². The van der Waals surface area contributed by atoms with E-state index in [1.807, 2.05) is 45.3 Å². The topological polar surface area (TPSA) is 0 Å². The third kappa shape index (κ3) is 3.97. The van der Waals surface area contributed by atoms with Gasteiger partial charge in [-0.1, -0.05) is 38.1 Å². The fraction of sp³-hybridized carbons (Fsp3) is 0.154. The molecule has 0 bridgehead atoms. The smallest absolute Gasteiger partial charge is 0.0449 e. The first-order valence-corrected chi connectivity index (χ1v) is 13.5. The largest absolute Gasteiger partial charge is 0.139 e. The zero-order valence-corrected chi connectivity index (χ0v) is 20.2. The minimum absolute atomic E-state index is 1.11. The Morgan fingerprint density at radius 2 is 0.733 bits per heavy atom. The summed E-state index contributed by atoms with van der Waals surface area (Å²) in [6, 6.07) is 27.1. The highest BCUT2D eigenvalue weighted by molar-refractivity contribution is 7.24. The molecule has 0 nitrogen and oxygen atoms in total. The molecule has 0 amide bonds. The van der Waals surface area contributed by atoms with Gasteiger partial charge in [-0.2, -0.15) is 0 Å². The van der Waals surface area contributed by atoms with Gasteiger partial charge in [-0.05, 0) is 72.5 Å².